The van der Waals surface area contributed by atoms with Crippen LogP contribution in [0.25, 0.3) is 0 Å². The lowest BCUT2D eigenvalue weighted by Gasteiger charge is -2.14. The minimum atomic E-state index is -0.129. The van der Waals surface area contributed by atoms with Crippen LogP contribution in [0.1, 0.15) is 24.1 Å². The summed E-state index contributed by atoms with van der Waals surface area (Å²) in [4.78, 5) is 11.2. The Morgan fingerprint density at radius 3 is 2.82 bits per heavy atom. The Bertz CT molecular complexity index is 401. The molecule has 1 aromatic carbocycles. The molecule has 1 N–H and O–H groups in total. The molecule has 0 saturated carbocycles. The molecule has 1 rings (SSSR count). The Morgan fingerprint density at radius 2 is 2.24 bits per heavy atom. The number of carbonyl (C=O) groups is 1. The van der Waals surface area contributed by atoms with E-state index < -0.39 is 0 Å². The van der Waals surface area contributed by atoms with Crippen molar-refractivity contribution in [1.82, 2.24) is 5.32 Å². The second kappa shape index (κ2) is 6.56. The number of carbonyl (C=O) groups excluding carboxylic acids is 1. The molecule has 0 aliphatic rings. The van der Waals surface area contributed by atoms with Gasteiger partial charge in [0, 0.05) is 0 Å². The molecule has 92 valence electrons. The van der Waals surface area contributed by atoms with Gasteiger partial charge in [-0.25, -0.2) is 0 Å². The van der Waals surface area contributed by atoms with E-state index in [2.05, 4.69) is 43.4 Å². The molecule has 0 radical (unpaired) electrons. The van der Waals surface area contributed by atoms with E-state index in [4.69, 9.17) is 0 Å². The molecule has 1 atom stereocenters. The minimum Gasteiger partial charge on any atom is -0.346 e. The molecule has 3 heteroatoms. The fourth-order valence-electron chi connectivity index (χ4n) is 1.68. The van der Waals surface area contributed by atoms with Crippen LogP contribution in [0.15, 0.2) is 36.9 Å². The van der Waals surface area contributed by atoms with Crippen LogP contribution in [0.3, 0.4) is 0 Å². The van der Waals surface area contributed by atoms with E-state index in [-0.39, 0.29) is 19.9 Å². The Morgan fingerprint density at radius 1 is 1.53 bits per heavy atom. The van der Waals surface area contributed by atoms with Gasteiger partial charge in [0.2, 0.25) is 5.91 Å². The Labute approximate surface area is 105 Å². The molecule has 0 bridgehead atoms. The van der Waals surface area contributed by atoms with Crippen LogP contribution in [0.2, 0.25) is 0 Å². The topological polar surface area (TPSA) is 29.1 Å². The van der Waals surface area contributed by atoms with Crippen molar-refractivity contribution in [2.75, 3.05) is 13.3 Å². The minimum absolute atomic E-state index is 0.0281. The van der Waals surface area contributed by atoms with Gasteiger partial charge in [-0.3, -0.25) is 4.79 Å². The molecule has 1 aromatic rings. The van der Waals surface area contributed by atoms with Crippen LogP contribution in [0.5, 0.6) is 0 Å². The lowest BCUT2D eigenvalue weighted by molar-refractivity contribution is -0.117. The molecule has 0 spiro atoms. The van der Waals surface area contributed by atoms with Crippen molar-refractivity contribution in [1.29, 1.82) is 0 Å². The van der Waals surface area contributed by atoms with E-state index in [0.29, 0.717) is 0 Å². The van der Waals surface area contributed by atoms with E-state index in [1.54, 1.807) is 0 Å². The highest BCUT2D eigenvalue weighted by Gasteiger charge is 2.08. The average Bonchev–Trinajstić information content (AvgIpc) is 2.28. The van der Waals surface area contributed by atoms with Crippen LogP contribution < -0.4 is 5.32 Å². The number of amides is 1. The van der Waals surface area contributed by atoms with Gasteiger partial charge in [0.25, 0.3) is 0 Å². The molecule has 0 fully saturated rings. The summed E-state index contributed by atoms with van der Waals surface area (Å²) in [5.41, 5.74) is 2.49. The number of hydrogen-bond donors (Lipinski definition) is 1. The molecule has 2 nitrogen and oxygen atoms in total. The molecule has 0 aliphatic carbocycles. The second-order valence-electron chi connectivity index (χ2n) is 4.42. The fourth-order valence-corrected chi connectivity index (χ4v) is 2.61. The van der Waals surface area contributed by atoms with Gasteiger partial charge in [0.15, 0.2) is 0 Å². The van der Waals surface area contributed by atoms with Gasteiger partial charge < -0.3 is 5.32 Å². The highest BCUT2D eigenvalue weighted by Crippen LogP contribution is 2.30. The summed E-state index contributed by atoms with van der Waals surface area (Å²) in [5, 5.41) is 2.87. The third kappa shape index (κ3) is 4.70. The summed E-state index contributed by atoms with van der Waals surface area (Å²) in [6.07, 6.45) is 2.43. The van der Waals surface area contributed by atoms with Crippen molar-refractivity contribution in [2.45, 2.75) is 19.1 Å². The first kappa shape index (κ1) is 13.9. The summed E-state index contributed by atoms with van der Waals surface area (Å²) >= 11 is 0. The summed E-state index contributed by atoms with van der Waals surface area (Å²) < 4.78 is 0. The number of rotatable bonds is 5. The third-order valence-corrected chi connectivity index (χ3v) is 3.49. The van der Waals surface area contributed by atoms with Gasteiger partial charge in [-0.2, -0.15) is 0 Å². The van der Waals surface area contributed by atoms with Crippen molar-refractivity contribution in [2.24, 2.45) is 0 Å². The summed E-state index contributed by atoms with van der Waals surface area (Å²) in [7, 11) is 0.0683. The standard InChI is InChI=1S/C14H20NOP/c1-5-14(16)15-11(2)13-8-6-7-12(9-13)10-17(3)4/h5-9,11H,1,10H2,2-4H3,(H,15,16). The lowest BCUT2D eigenvalue weighted by atomic mass is 10.1. The fraction of sp³-hybridized carbons (Fsp3) is 0.357. The van der Waals surface area contributed by atoms with Crippen LogP contribution in [0.4, 0.5) is 0 Å². The number of hydrogen-bond acceptors (Lipinski definition) is 1. The summed E-state index contributed by atoms with van der Waals surface area (Å²) in [5.74, 6) is -0.129. The molecule has 0 aliphatic heterocycles. The van der Waals surface area contributed by atoms with E-state index in [1.165, 1.54) is 11.6 Å². The second-order valence-corrected chi connectivity index (χ2v) is 6.89. The van der Waals surface area contributed by atoms with Gasteiger partial charge >= 0.3 is 0 Å². The molecule has 1 unspecified atom stereocenters. The highest BCUT2D eigenvalue weighted by molar-refractivity contribution is 7.55. The zero-order chi connectivity index (χ0) is 12.8. The van der Waals surface area contributed by atoms with E-state index in [9.17, 15) is 4.79 Å². The van der Waals surface area contributed by atoms with E-state index in [0.717, 1.165) is 11.7 Å². The van der Waals surface area contributed by atoms with E-state index in [1.807, 2.05) is 13.0 Å². The Balaban J connectivity index is 2.76. The zero-order valence-corrected chi connectivity index (χ0v) is 11.6. The normalized spacial score (nSPS) is 12.2. The molecule has 0 saturated heterocycles. The summed E-state index contributed by atoms with van der Waals surface area (Å²) in [6.45, 7) is 9.98. The molecular formula is C14H20NOP. The van der Waals surface area contributed by atoms with Crippen LogP contribution in [0, 0.1) is 0 Å². The van der Waals surface area contributed by atoms with Gasteiger partial charge in [0.05, 0.1) is 6.04 Å². The summed E-state index contributed by atoms with van der Waals surface area (Å²) in [6, 6.07) is 8.45. The van der Waals surface area contributed by atoms with Gasteiger partial charge in [-0.1, -0.05) is 30.8 Å². The van der Waals surface area contributed by atoms with Gasteiger partial charge in [-0.15, -0.1) is 7.92 Å². The smallest absolute Gasteiger partial charge is 0.243 e. The molecular weight excluding hydrogens is 229 g/mol. The SMILES string of the molecule is C=CC(=O)NC(C)c1cccc(CP(C)C)c1. The maximum absolute atomic E-state index is 11.2. The monoisotopic (exact) mass is 249 g/mol. The van der Waals surface area contributed by atoms with Crippen molar-refractivity contribution >= 4 is 13.8 Å². The van der Waals surface area contributed by atoms with Crippen molar-refractivity contribution in [3.63, 3.8) is 0 Å². The maximum atomic E-state index is 11.2. The molecule has 17 heavy (non-hydrogen) atoms. The van der Waals surface area contributed by atoms with Crippen molar-refractivity contribution < 1.29 is 4.79 Å². The van der Waals surface area contributed by atoms with Crippen molar-refractivity contribution in [3.05, 3.63) is 48.0 Å². The third-order valence-electron chi connectivity index (χ3n) is 2.49. The lowest BCUT2D eigenvalue weighted by Crippen LogP contribution is -2.24. The average molecular weight is 249 g/mol. The molecule has 0 aromatic heterocycles. The zero-order valence-electron chi connectivity index (χ0n) is 10.7. The predicted molar refractivity (Wildman–Crippen MR) is 75.7 cm³/mol. The van der Waals surface area contributed by atoms with E-state index >= 15 is 0 Å². The van der Waals surface area contributed by atoms with Crippen LogP contribution >= 0.6 is 7.92 Å². The van der Waals surface area contributed by atoms with Crippen LogP contribution in [-0.4, -0.2) is 19.2 Å². The molecule has 1 amide bonds. The number of benzene rings is 1. The van der Waals surface area contributed by atoms with Gasteiger partial charge in [-0.05, 0) is 43.6 Å². The van der Waals surface area contributed by atoms with Gasteiger partial charge in [0.1, 0.15) is 0 Å². The van der Waals surface area contributed by atoms with Crippen LogP contribution in [-0.2, 0) is 11.0 Å². The Kier molecular flexibility index (Phi) is 5.37. The first-order valence-corrected chi connectivity index (χ1v) is 8.11. The highest BCUT2D eigenvalue weighted by atomic mass is 31.1. The first-order chi connectivity index (χ1) is 8.02. The van der Waals surface area contributed by atoms with Crippen molar-refractivity contribution in [3.8, 4) is 0 Å². The first-order valence-electron chi connectivity index (χ1n) is 5.69. The largest absolute Gasteiger partial charge is 0.346 e. The Hall–Kier alpha value is -1.14. The number of nitrogens with one attached hydrogen (secondary N) is 1. The quantitative estimate of drug-likeness (QED) is 0.629. The maximum Gasteiger partial charge on any atom is 0.243 e. The predicted octanol–water partition coefficient (Wildman–Crippen LogP) is 3.29. The molecule has 0 heterocycles.